The molecule has 0 radical (unpaired) electrons. The number of ketones is 1. The standard InChI is InChI=1S/C17H14O5/c18-15(11-22-17(21)10-16(19)20)14-8-6-13(7-9-14)12-4-2-1-3-5-12/h1-9H,10-11H2,(H,19,20). The van der Waals surface area contributed by atoms with Crippen LogP contribution >= 0.6 is 0 Å². The van der Waals surface area contributed by atoms with Gasteiger partial charge in [-0.1, -0.05) is 54.6 Å². The van der Waals surface area contributed by atoms with Gasteiger partial charge in [-0.05, 0) is 11.1 Å². The van der Waals surface area contributed by atoms with Gasteiger partial charge < -0.3 is 9.84 Å². The normalized spacial score (nSPS) is 10.0. The molecule has 0 aliphatic carbocycles. The molecular weight excluding hydrogens is 284 g/mol. The van der Waals surface area contributed by atoms with Crippen molar-refractivity contribution >= 4 is 17.7 Å². The third kappa shape index (κ3) is 4.28. The van der Waals surface area contributed by atoms with Crippen molar-refractivity contribution in [2.75, 3.05) is 6.61 Å². The summed E-state index contributed by atoms with van der Waals surface area (Å²) in [4.78, 5) is 33.2. The number of esters is 1. The van der Waals surface area contributed by atoms with Crippen molar-refractivity contribution < 1.29 is 24.2 Å². The Morgan fingerprint density at radius 2 is 1.45 bits per heavy atom. The van der Waals surface area contributed by atoms with E-state index in [0.29, 0.717) is 5.56 Å². The van der Waals surface area contributed by atoms with Crippen LogP contribution in [0.4, 0.5) is 0 Å². The van der Waals surface area contributed by atoms with Gasteiger partial charge in [0.25, 0.3) is 0 Å². The SMILES string of the molecule is O=C(O)CC(=O)OCC(=O)c1ccc(-c2ccccc2)cc1. The molecule has 0 amide bonds. The summed E-state index contributed by atoms with van der Waals surface area (Å²) >= 11 is 0. The second-order valence-electron chi connectivity index (χ2n) is 4.60. The summed E-state index contributed by atoms with van der Waals surface area (Å²) in [6, 6.07) is 16.6. The Hall–Kier alpha value is -2.95. The average molecular weight is 298 g/mol. The molecule has 2 rings (SSSR count). The Bertz CT molecular complexity index is 674. The first-order valence-electron chi connectivity index (χ1n) is 6.62. The first-order valence-corrected chi connectivity index (χ1v) is 6.62. The summed E-state index contributed by atoms with van der Waals surface area (Å²) < 4.78 is 4.61. The van der Waals surface area contributed by atoms with Crippen LogP contribution in [0.2, 0.25) is 0 Å². The van der Waals surface area contributed by atoms with Gasteiger partial charge in [0.2, 0.25) is 0 Å². The largest absolute Gasteiger partial charge is 0.481 e. The van der Waals surface area contributed by atoms with E-state index < -0.39 is 25.0 Å². The lowest BCUT2D eigenvalue weighted by atomic mass is 10.0. The highest BCUT2D eigenvalue weighted by Gasteiger charge is 2.12. The molecule has 0 aliphatic rings. The minimum Gasteiger partial charge on any atom is -0.481 e. The van der Waals surface area contributed by atoms with Gasteiger partial charge >= 0.3 is 11.9 Å². The number of carbonyl (C=O) groups excluding carboxylic acids is 2. The van der Waals surface area contributed by atoms with E-state index in [1.165, 1.54) is 0 Å². The van der Waals surface area contributed by atoms with Crippen LogP contribution in [0, 0.1) is 0 Å². The molecule has 0 saturated heterocycles. The maximum absolute atomic E-state index is 11.9. The number of carbonyl (C=O) groups is 3. The van der Waals surface area contributed by atoms with E-state index in [1.54, 1.807) is 12.1 Å². The van der Waals surface area contributed by atoms with E-state index in [0.717, 1.165) is 11.1 Å². The van der Waals surface area contributed by atoms with E-state index in [4.69, 9.17) is 5.11 Å². The summed E-state index contributed by atoms with van der Waals surface area (Å²) in [6.07, 6.45) is -0.750. The van der Waals surface area contributed by atoms with Crippen molar-refractivity contribution in [3.8, 4) is 11.1 Å². The number of hydrogen-bond acceptors (Lipinski definition) is 4. The fourth-order valence-electron chi connectivity index (χ4n) is 1.88. The topological polar surface area (TPSA) is 80.7 Å². The van der Waals surface area contributed by atoms with Crippen molar-refractivity contribution in [3.05, 3.63) is 60.2 Å². The van der Waals surface area contributed by atoms with E-state index in [9.17, 15) is 14.4 Å². The number of carboxylic acids is 1. The Morgan fingerprint density at radius 3 is 2.05 bits per heavy atom. The number of aliphatic carboxylic acids is 1. The molecule has 2 aromatic carbocycles. The molecule has 0 aliphatic heterocycles. The lowest BCUT2D eigenvalue weighted by Crippen LogP contribution is -2.16. The minimum absolute atomic E-state index is 0.377. The van der Waals surface area contributed by atoms with Gasteiger partial charge in [-0.3, -0.25) is 14.4 Å². The van der Waals surface area contributed by atoms with Gasteiger partial charge in [-0.2, -0.15) is 0 Å². The number of Topliss-reactive ketones (excluding diaryl/α,β-unsaturated/α-hetero) is 1. The van der Waals surface area contributed by atoms with Gasteiger partial charge in [0.1, 0.15) is 6.42 Å². The monoisotopic (exact) mass is 298 g/mol. The molecule has 0 aromatic heterocycles. The fraction of sp³-hybridized carbons (Fsp3) is 0.118. The Kier molecular flexibility index (Phi) is 5.03. The highest BCUT2D eigenvalue weighted by molar-refractivity contribution is 5.99. The Morgan fingerprint density at radius 1 is 0.864 bits per heavy atom. The molecule has 0 atom stereocenters. The molecule has 1 N–H and O–H groups in total. The van der Waals surface area contributed by atoms with Crippen LogP contribution in [0.25, 0.3) is 11.1 Å². The molecule has 0 fully saturated rings. The molecule has 0 saturated carbocycles. The first kappa shape index (κ1) is 15.4. The zero-order valence-corrected chi connectivity index (χ0v) is 11.7. The second-order valence-corrected chi connectivity index (χ2v) is 4.60. The van der Waals surface area contributed by atoms with Crippen molar-refractivity contribution in [2.45, 2.75) is 6.42 Å². The van der Waals surface area contributed by atoms with Crippen LogP contribution in [0.3, 0.4) is 0 Å². The van der Waals surface area contributed by atoms with E-state index in [1.807, 2.05) is 42.5 Å². The van der Waals surface area contributed by atoms with Crippen LogP contribution in [-0.2, 0) is 14.3 Å². The average Bonchev–Trinajstić information content (AvgIpc) is 2.53. The lowest BCUT2D eigenvalue weighted by Gasteiger charge is -2.05. The molecule has 0 bridgehead atoms. The van der Waals surface area contributed by atoms with Crippen LogP contribution in [0.5, 0.6) is 0 Å². The molecule has 0 heterocycles. The maximum Gasteiger partial charge on any atom is 0.317 e. The van der Waals surface area contributed by atoms with Crippen LogP contribution in [0.15, 0.2) is 54.6 Å². The van der Waals surface area contributed by atoms with Gasteiger partial charge in [-0.15, -0.1) is 0 Å². The summed E-state index contributed by atoms with van der Waals surface area (Å²) in [5.41, 5.74) is 2.41. The summed E-state index contributed by atoms with van der Waals surface area (Å²) in [6.45, 7) is -0.462. The number of rotatable bonds is 6. The molecule has 5 nitrogen and oxygen atoms in total. The predicted octanol–water partition coefficient (Wildman–Crippen LogP) is 2.55. The van der Waals surface area contributed by atoms with E-state index >= 15 is 0 Å². The van der Waals surface area contributed by atoms with Crippen LogP contribution in [0.1, 0.15) is 16.8 Å². The van der Waals surface area contributed by atoms with Gasteiger partial charge in [0, 0.05) is 5.56 Å². The van der Waals surface area contributed by atoms with E-state index in [2.05, 4.69) is 4.74 Å². The van der Waals surface area contributed by atoms with Gasteiger partial charge in [0.05, 0.1) is 0 Å². The van der Waals surface area contributed by atoms with Crippen LogP contribution < -0.4 is 0 Å². The zero-order chi connectivity index (χ0) is 15.9. The number of benzene rings is 2. The number of hydrogen-bond donors (Lipinski definition) is 1. The summed E-state index contributed by atoms with van der Waals surface area (Å²) in [5, 5.41) is 8.42. The van der Waals surface area contributed by atoms with Crippen molar-refractivity contribution in [3.63, 3.8) is 0 Å². The molecule has 0 spiro atoms. The van der Waals surface area contributed by atoms with Crippen molar-refractivity contribution in [2.24, 2.45) is 0 Å². The lowest BCUT2D eigenvalue weighted by molar-refractivity contribution is -0.150. The van der Waals surface area contributed by atoms with Crippen molar-refractivity contribution in [1.29, 1.82) is 0 Å². The molecule has 22 heavy (non-hydrogen) atoms. The van der Waals surface area contributed by atoms with Gasteiger partial charge in [-0.25, -0.2) is 0 Å². The first-order chi connectivity index (χ1) is 10.6. The zero-order valence-electron chi connectivity index (χ0n) is 11.7. The van der Waals surface area contributed by atoms with Gasteiger partial charge in [0.15, 0.2) is 12.4 Å². The number of ether oxygens (including phenoxy) is 1. The minimum atomic E-state index is -1.29. The molecule has 0 unspecified atom stereocenters. The van der Waals surface area contributed by atoms with E-state index in [-0.39, 0.29) is 5.78 Å². The smallest absolute Gasteiger partial charge is 0.317 e. The number of carboxylic acid groups (broad SMARTS) is 1. The quantitative estimate of drug-likeness (QED) is 0.503. The maximum atomic E-state index is 11.9. The second kappa shape index (κ2) is 7.17. The molecule has 112 valence electrons. The third-order valence-electron chi connectivity index (χ3n) is 2.97. The molecule has 2 aromatic rings. The summed E-state index contributed by atoms with van der Waals surface area (Å²) in [7, 11) is 0. The molecule has 5 heteroatoms. The fourth-order valence-corrected chi connectivity index (χ4v) is 1.88. The molecular formula is C17H14O5. The summed E-state index contributed by atoms with van der Waals surface area (Å²) in [5.74, 6) is -2.59. The predicted molar refractivity (Wildman–Crippen MR) is 79.4 cm³/mol. The Labute approximate surface area is 127 Å². The van der Waals surface area contributed by atoms with Crippen LogP contribution in [-0.4, -0.2) is 29.4 Å². The highest BCUT2D eigenvalue weighted by atomic mass is 16.5. The highest BCUT2D eigenvalue weighted by Crippen LogP contribution is 2.19. The van der Waals surface area contributed by atoms with Crippen molar-refractivity contribution in [1.82, 2.24) is 0 Å². The Balaban J connectivity index is 1.97. The third-order valence-corrected chi connectivity index (χ3v) is 2.97.